The van der Waals surface area contributed by atoms with E-state index < -0.39 is 0 Å². The molecule has 1 saturated heterocycles. The third-order valence-corrected chi connectivity index (χ3v) is 4.14. The molecule has 0 aliphatic carbocycles. The molecule has 1 aliphatic rings. The lowest BCUT2D eigenvalue weighted by molar-refractivity contribution is -0.133. The number of hydrogen-bond acceptors (Lipinski definition) is 3. The lowest BCUT2D eigenvalue weighted by atomic mass is 9.96. The Morgan fingerprint density at radius 2 is 2.25 bits per heavy atom. The normalized spacial score (nSPS) is 23.6. The van der Waals surface area contributed by atoms with Crippen LogP contribution in [0.4, 0.5) is 0 Å². The van der Waals surface area contributed by atoms with Gasteiger partial charge in [0.1, 0.15) is 5.75 Å². The van der Waals surface area contributed by atoms with Crippen molar-refractivity contribution in [2.75, 3.05) is 13.7 Å². The van der Waals surface area contributed by atoms with Crippen molar-refractivity contribution in [3.63, 3.8) is 0 Å². The molecular formula is C15H21ClN2O2. The molecule has 1 heterocycles. The van der Waals surface area contributed by atoms with E-state index in [2.05, 4.69) is 0 Å². The standard InChI is InChI=1S/C15H21ClN2O2/c1-3-18-14(19)6-4-5-12(17)15(18)10-7-8-13(20-2)11(16)9-10/h7-9,12,15H,3-6,17H2,1-2H3. The van der Waals surface area contributed by atoms with E-state index in [1.165, 1.54) is 0 Å². The number of ether oxygens (including phenoxy) is 1. The first kappa shape index (κ1) is 15.1. The maximum Gasteiger partial charge on any atom is 0.223 e. The summed E-state index contributed by atoms with van der Waals surface area (Å²) < 4.78 is 5.17. The van der Waals surface area contributed by atoms with Gasteiger partial charge in [-0.3, -0.25) is 4.79 Å². The summed E-state index contributed by atoms with van der Waals surface area (Å²) in [4.78, 5) is 14.1. The summed E-state index contributed by atoms with van der Waals surface area (Å²) in [6.07, 6.45) is 2.26. The van der Waals surface area contributed by atoms with Gasteiger partial charge in [-0.05, 0) is 37.5 Å². The van der Waals surface area contributed by atoms with Crippen LogP contribution in [0.5, 0.6) is 5.75 Å². The Bertz CT molecular complexity index is 493. The van der Waals surface area contributed by atoms with E-state index in [1.807, 2.05) is 30.0 Å². The number of carbonyl (C=O) groups excluding carboxylic acids is 1. The molecule has 0 spiro atoms. The average molecular weight is 297 g/mol. The number of nitrogens with two attached hydrogens (primary N) is 1. The van der Waals surface area contributed by atoms with Gasteiger partial charge in [-0.2, -0.15) is 0 Å². The van der Waals surface area contributed by atoms with Crippen molar-refractivity contribution < 1.29 is 9.53 Å². The van der Waals surface area contributed by atoms with Crippen LogP contribution in [0.2, 0.25) is 5.02 Å². The van der Waals surface area contributed by atoms with Crippen molar-refractivity contribution in [1.29, 1.82) is 0 Å². The summed E-state index contributed by atoms with van der Waals surface area (Å²) >= 11 is 6.20. The molecule has 1 aromatic rings. The Morgan fingerprint density at radius 1 is 1.50 bits per heavy atom. The quantitative estimate of drug-likeness (QED) is 0.933. The van der Waals surface area contributed by atoms with Crippen molar-refractivity contribution >= 4 is 17.5 Å². The maximum absolute atomic E-state index is 12.2. The van der Waals surface area contributed by atoms with Crippen LogP contribution >= 0.6 is 11.6 Å². The third kappa shape index (κ3) is 2.91. The fourth-order valence-corrected chi connectivity index (χ4v) is 3.11. The lowest BCUT2D eigenvalue weighted by Gasteiger charge is -2.33. The molecule has 0 radical (unpaired) electrons. The van der Waals surface area contributed by atoms with E-state index >= 15 is 0 Å². The van der Waals surface area contributed by atoms with E-state index in [9.17, 15) is 4.79 Å². The van der Waals surface area contributed by atoms with Crippen molar-refractivity contribution in [2.24, 2.45) is 5.73 Å². The molecule has 110 valence electrons. The minimum atomic E-state index is -0.113. The van der Waals surface area contributed by atoms with Gasteiger partial charge in [-0.1, -0.05) is 17.7 Å². The fraction of sp³-hybridized carbons (Fsp3) is 0.533. The van der Waals surface area contributed by atoms with Gasteiger partial charge >= 0.3 is 0 Å². The Kier molecular flexibility index (Phi) is 4.89. The first-order valence-electron chi connectivity index (χ1n) is 6.97. The number of likely N-dealkylation sites (tertiary alicyclic amines) is 1. The van der Waals surface area contributed by atoms with E-state index in [-0.39, 0.29) is 18.0 Å². The predicted octanol–water partition coefficient (Wildman–Crippen LogP) is 2.75. The molecule has 0 aromatic heterocycles. The number of halogens is 1. The summed E-state index contributed by atoms with van der Waals surface area (Å²) in [7, 11) is 1.58. The van der Waals surface area contributed by atoms with Gasteiger partial charge in [0.25, 0.3) is 0 Å². The van der Waals surface area contributed by atoms with Crippen LogP contribution in [0.15, 0.2) is 18.2 Å². The third-order valence-electron chi connectivity index (χ3n) is 3.85. The van der Waals surface area contributed by atoms with Crippen LogP contribution in [-0.2, 0) is 4.79 Å². The zero-order valence-corrected chi connectivity index (χ0v) is 12.7. The molecule has 0 bridgehead atoms. The van der Waals surface area contributed by atoms with Gasteiger partial charge in [0.15, 0.2) is 0 Å². The number of methoxy groups -OCH3 is 1. The molecule has 2 atom stereocenters. The maximum atomic E-state index is 12.2. The second kappa shape index (κ2) is 6.46. The Hall–Kier alpha value is -1.26. The van der Waals surface area contributed by atoms with E-state index in [1.54, 1.807) is 7.11 Å². The van der Waals surface area contributed by atoms with Gasteiger partial charge in [-0.25, -0.2) is 0 Å². The molecule has 2 N–H and O–H groups in total. The minimum Gasteiger partial charge on any atom is -0.495 e. The molecule has 1 amide bonds. The smallest absolute Gasteiger partial charge is 0.223 e. The SMILES string of the molecule is CCN1C(=O)CCCC(N)C1c1ccc(OC)c(Cl)c1. The highest BCUT2D eigenvalue weighted by Gasteiger charge is 2.32. The summed E-state index contributed by atoms with van der Waals surface area (Å²) in [5.41, 5.74) is 7.26. The molecular weight excluding hydrogens is 276 g/mol. The van der Waals surface area contributed by atoms with E-state index in [0.717, 1.165) is 18.4 Å². The number of rotatable bonds is 3. The van der Waals surface area contributed by atoms with Crippen LogP contribution < -0.4 is 10.5 Å². The number of nitrogens with zero attached hydrogens (tertiary/aromatic N) is 1. The van der Waals surface area contributed by atoms with Gasteiger partial charge in [0.05, 0.1) is 18.2 Å². The van der Waals surface area contributed by atoms with Crippen molar-refractivity contribution in [2.45, 2.75) is 38.3 Å². The molecule has 5 heteroatoms. The Morgan fingerprint density at radius 3 is 2.85 bits per heavy atom. The monoisotopic (exact) mass is 296 g/mol. The molecule has 1 aliphatic heterocycles. The summed E-state index contributed by atoms with van der Waals surface area (Å²) in [6.45, 7) is 2.63. The molecule has 0 saturated carbocycles. The second-order valence-electron chi connectivity index (χ2n) is 5.07. The number of benzene rings is 1. The van der Waals surface area contributed by atoms with Crippen LogP contribution in [-0.4, -0.2) is 30.5 Å². The highest BCUT2D eigenvalue weighted by molar-refractivity contribution is 6.32. The predicted molar refractivity (Wildman–Crippen MR) is 80.0 cm³/mol. The molecule has 2 rings (SSSR count). The Labute approximate surface area is 124 Å². The van der Waals surface area contributed by atoms with Gasteiger partial charge < -0.3 is 15.4 Å². The molecule has 20 heavy (non-hydrogen) atoms. The molecule has 2 unspecified atom stereocenters. The first-order valence-corrected chi connectivity index (χ1v) is 7.34. The van der Waals surface area contributed by atoms with Crippen LogP contribution in [0.1, 0.15) is 37.8 Å². The van der Waals surface area contributed by atoms with Gasteiger partial charge in [0.2, 0.25) is 5.91 Å². The minimum absolute atomic E-state index is 0.0640. The number of amides is 1. The van der Waals surface area contributed by atoms with E-state index in [0.29, 0.717) is 23.7 Å². The van der Waals surface area contributed by atoms with Gasteiger partial charge in [-0.15, -0.1) is 0 Å². The van der Waals surface area contributed by atoms with Crippen LogP contribution in [0, 0.1) is 0 Å². The number of carbonyl (C=O) groups is 1. The van der Waals surface area contributed by atoms with E-state index in [4.69, 9.17) is 22.1 Å². The van der Waals surface area contributed by atoms with Crippen LogP contribution in [0.25, 0.3) is 0 Å². The molecule has 1 aromatic carbocycles. The molecule has 1 fully saturated rings. The number of hydrogen-bond donors (Lipinski definition) is 1. The van der Waals surface area contributed by atoms with Crippen molar-refractivity contribution in [1.82, 2.24) is 4.90 Å². The van der Waals surface area contributed by atoms with Crippen molar-refractivity contribution in [3.8, 4) is 5.75 Å². The highest BCUT2D eigenvalue weighted by Crippen LogP contribution is 2.34. The summed E-state index contributed by atoms with van der Waals surface area (Å²) in [5, 5.41) is 0.546. The summed E-state index contributed by atoms with van der Waals surface area (Å²) in [5.74, 6) is 0.796. The Balaban J connectivity index is 2.39. The van der Waals surface area contributed by atoms with Crippen LogP contribution in [0.3, 0.4) is 0 Å². The average Bonchev–Trinajstić information content (AvgIpc) is 2.57. The van der Waals surface area contributed by atoms with Crippen molar-refractivity contribution in [3.05, 3.63) is 28.8 Å². The topological polar surface area (TPSA) is 55.6 Å². The zero-order valence-electron chi connectivity index (χ0n) is 11.9. The first-order chi connectivity index (χ1) is 9.58. The van der Waals surface area contributed by atoms with Gasteiger partial charge in [0, 0.05) is 19.0 Å². The fourth-order valence-electron chi connectivity index (χ4n) is 2.84. The molecule has 4 nitrogen and oxygen atoms in total. The lowest BCUT2D eigenvalue weighted by Crippen LogP contribution is -2.42. The second-order valence-corrected chi connectivity index (χ2v) is 5.48. The number of likely N-dealkylation sites (N-methyl/N-ethyl adjacent to an activating group) is 1. The summed E-state index contributed by atoms with van der Waals surface area (Å²) in [6, 6.07) is 5.44. The highest BCUT2D eigenvalue weighted by atomic mass is 35.5. The largest absolute Gasteiger partial charge is 0.495 e. The zero-order chi connectivity index (χ0) is 14.7.